The Bertz CT molecular complexity index is 705. The molecule has 0 aliphatic rings. The van der Waals surface area contributed by atoms with Gasteiger partial charge in [0.1, 0.15) is 0 Å². The predicted octanol–water partition coefficient (Wildman–Crippen LogP) is 5.80. The molecule has 0 saturated carbocycles. The molecule has 0 aliphatic carbocycles. The van der Waals surface area contributed by atoms with Gasteiger partial charge in [-0.15, -0.1) is 0 Å². The fourth-order valence-electron chi connectivity index (χ4n) is 2.25. The van der Waals surface area contributed by atoms with Crippen LogP contribution in [0.3, 0.4) is 0 Å². The lowest BCUT2D eigenvalue weighted by Crippen LogP contribution is -2.32. The minimum Gasteiger partial charge on any atom is -0.356 e. The molecule has 2 N–H and O–H groups in total. The largest absolute Gasteiger partial charge is 0.417 e. The summed E-state index contributed by atoms with van der Waals surface area (Å²) in [6.45, 7) is 2.00. The number of hydrogen-bond donors (Lipinski definition) is 2. The highest BCUT2D eigenvalue weighted by Gasteiger charge is 2.33. The summed E-state index contributed by atoms with van der Waals surface area (Å²) >= 11 is 10.8. The van der Waals surface area contributed by atoms with E-state index in [2.05, 4.69) is 10.6 Å². The molecular formula is C17H16ClF3N2S. The number of rotatable bonds is 4. The molecule has 0 saturated heterocycles. The fraction of sp³-hybridized carbons (Fsp3) is 0.235. The van der Waals surface area contributed by atoms with E-state index in [1.54, 1.807) is 0 Å². The first kappa shape index (κ1) is 18.5. The lowest BCUT2D eigenvalue weighted by atomic mass is 10.1. The zero-order valence-electron chi connectivity index (χ0n) is 12.8. The third-order valence-electron chi connectivity index (χ3n) is 3.45. The number of hydrogen-bond acceptors (Lipinski definition) is 1. The van der Waals surface area contributed by atoms with Crippen molar-refractivity contribution in [2.24, 2.45) is 0 Å². The van der Waals surface area contributed by atoms with Crippen molar-refractivity contribution in [3.05, 3.63) is 64.7 Å². The molecule has 1 atom stereocenters. The number of alkyl halides is 3. The van der Waals surface area contributed by atoms with E-state index in [-0.39, 0.29) is 21.9 Å². The van der Waals surface area contributed by atoms with Gasteiger partial charge in [-0.1, -0.05) is 48.9 Å². The van der Waals surface area contributed by atoms with E-state index in [0.29, 0.717) is 0 Å². The van der Waals surface area contributed by atoms with E-state index in [1.165, 1.54) is 12.1 Å². The highest BCUT2D eigenvalue weighted by molar-refractivity contribution is 7.80. The first-order chi connectivity index (χ1) is 11.3. The molecule has 0 amide bonds. The van der Waals surface area contributed by atoms with Gasteiger partial charge in [-0.25, -0.2) is 0 Å². The normalized spacial score (nSPS) is 12.5. The monoisotopic (exact) mass is 372 g/mol. The van der Waals surface area contributed by atoms with E-state index < -0.39 is 11.7 Å². The van der Waals surface area contributed by atoms with Crippen molar-refractivity contribution in [1.29, 1.82) is 0 Å². The van der Waals surface area contributed by atoms with Gasteiger partial charge in [0, 0.05) is 5.69 Å². The van der Waals surface area contributed by atoms with Crippen molar-refractivity contribution >= 4 is 34.6 Å². The molecule has 0 aliphatic heterocycles. The maximum absolute atomic E-state index is 12.9. The molecule has 1 unspecified atom stereocenters. The molecular weight excluding hydrogens is 357 g/mol. The van der Waals surface area contributed by atoms with Gasteiger partial charge in [-0.2, -0.15) is 13.2 Å². The van der Waals surface area contributed by atoms with Crippen molar-refractivity contribution in [2.45, 2.75) is 25.6 Å². The minimum atomic E-state index is -4.51. The molecule has 0 bridgehead atoms. The highest BCUT2D eigenvalue weighted by Crippen LogP contribution is 2.36. The first-order valence-corrected chi connectivity index (χ1v) is 8.09. The zero-order valence-corrected chi connectivity index (χ0v) is 14.4. The van der Waals surface area contributed by atoms with Crippen molar-refractivity contribution < 1.29 is 13.2 Å². The Morgan fingerprint density at radius 1 is 1.17 bits per heavy atom. The van der Waals surface area contributed by atoms with Gasteiger partial charge in [0.2, 0.25) is 0 Å². The summed E-state index contributed by atoms with van der Waals surface area (Å²) in [4.78, 5) is 0. The van der Waals surface area contributed by atoms with Gasteiger partial charge >= 0.3 is 6.18 Å². The summed E-state index contributed by atoms with van der Waals surface area (Å²) in [5.41, 5.74) is 0.385. The van der Waals surface area contributed by atoms with Gasteiger partial charge in [0.15, 0.2) is 5.11 Å². The number of thiocarbonyl (C=S) groups is 1. The van der Waals surface area contributed by atoms with E-state index >= 15 is 0 Å². The second-order valence-electron chi connectivity index (χ2n) is 5.16. The van der Waals surface area contributed by atoms with Crippen LogP contribution in [0.1, 0.15) is 30.5 Å². The van der Waals surface area contributed by atoms with Crippen LogP contribution in [0.25, 0.3) is 0 Å². The molecule has 2 rings (SSSR count). The highest BCUT2D eigenvalue weighted by atomic mass is 35.5. The number of anilines is 1. The van der Waals surface area contributed by atoms with E-state index in [0.717, 1.165) is 18.1 Å². The SMILES string of the molecule is CCC(NC(=S)Nc1ccc(Cl)c(C(F)(F)F)c1)c1ccccc1. The second kappa shape index (κ2) is 7.85. The molecule has 0 heterocycles. The van der Waals surface area contributed by atoms with Crippen LogP contribution >= 0.6 is 23.8 Å². The molecule has 0 radical (unpaired) electrons. The lowest BCUT2D eigenvalue weighted by Gasteiger charge is -2.20. The van der Waals surface area contributed by atoms with Crippen molar-refractivity contribution in [3.63, 3.8) is 0 Å². The maximum atomic E-state index is 12.9. The standard InChI is InChI=1S/C17H16ClF3N2S/c1-2-15(11-6-4-3-5-7-11)23-16(24)22-12-8-9-14(18)13(10-12)17(19,20)21/h3-10,15H,2H2,1H3,(H2,22,23,24). The number of halogens is 4. The molecule has 0 spiro atoms. The Balaban J connectivity index is 2.10. The summed E-state index contributed by atoms with van der Waals surface area (Å²) < 4.78 is 38.7. The summed E-state index contributed by atoms with van der Waals surface area (Å²) in [5.74, 6) is 0. The average molecular weight is 373 g/mol. The van der Waals surface area contributed by atoms with Gasteiger partial charge in [0.05, 0.1) is 16.6 Å². The Kier molecular flexibility index (Phi) is 6.07. The van der Waals surface area contributed by atoms with Crippen LogP contribution in [0, 0.1) is 0 Å². The Morgan fingerprint density at radius 3 is 2.42 bits per heavy atom. The fourth-order valence-corrected chi connectivity index (χ4v) is 2.74. The van der Waals surface area contributed by atoms with Crippen molar-refractivity contribution in [1.82, 2.24) is 5.32 Å². The molecule has 24 heavy (non-hydrogen) atoms. The molecule has 0 aromatic heterocycles. The quantitative estimate of drug-likeness (QED) is 0.663. The van der Waals surface area contributed by atoms with Crippen molar-refractivity contribution in [2.75, 3.05) is 5.32 Å². The zero-order chi connectivity index (χ0) is 17.7. The third-order valence-corrected chi connectivity index (χ3v) is 3.99. The average Bonchev–Trinajstić information content (AvgIpc) is 2.54. The molecule has 2 aromatic carbocycles. The van der Waals surface area contributed by atoms with Crippen LogP contribution < -0.4 is 10.6 Å². The van der Waals surface area contributed by atoms with Crippen LogP contribution in [0.2, 0.25) is 5.02 Å². The summed E-state index contributed by atoms with van der Waals surface area (Å²) in [7, 11) is 0. The molecule has 2 aromatic rings. The summed E-state index contributed by atoms with van der Waals surface area (Å²) in [6, 6.07) is 13.3. The second-order valence-corrected chi connectivity index (χ2v) is 5.98. The predicted molar refractivity (Wildman–Crippen MR) is 95.3 cm³/mol. The third kappa shape index (κ3) is 4.85. The lowest BCUT2D eigenvalue weighted by molar-refractivity contribution is -0.137. The Morgan fingerprint density at radius 2 is 1.83 bits per heavy atom. The van der Waals surface area contributed by atoms with E-state index in [1.807, 2.05) is 37.3 Å². The molecule has 2 nitrogen and oxygen atoms in total. The minimum absolute atomic E-state index is 0.0272. The smallest absolute Gasteiger partial charge is 0.356 e. The van der Waals surface area contributed by atoms with Crippen LogP contribution in [0.4, 0.5) is 18.9 Å². The van der Waals surface area contributed by atoms with Gasteiger partial charge in [-0.3, -0.25) is 0 Å². The maximum Gasteiger partial charge on any atom is 0.417 e. The van der Waals surface area contributed by atoms with Crippen molar-refractivity contribution in [3.8, 4) is 0 Å². The van der Waals surface area contributed by atoms with Gasteiger partial charge < -0.3 is 10.6 Å². The number of benzene rings is 2. The molecule has 7 heteroatoms. The van der Waals surface area contributed by atoms with E-state index in [4.69, 9.17) is 23.8 Å². The van der Waals surface area contributed by atoms with Crippen LogP contribution in [-0.4, -0.2) is 5.11 Å². The summed E-state index contributed by atoms with van der Waals surface area (Å²) in [5, 5.41) is 5.79. The number of nitrogens with one attached hydrogen (secondary N) is 2. The van der Waals surface area contributed by atoms with Gasteiger partial charge in [0.25, 0.3) is 0 Å². The van der Waals surface area contributed by atoms with Gasteiger partial charge in [-0.05, 0) is 42.4 Å². The Labute approximate surface area is 149 Å². The van der Waals surface area contributed by atoms with E-state index in [9.17, 15) is 13.2 Å². The Hall–Kier alpha value is -1.79. The molecule has 0 fully saturated rings. The topological polar surface area (TPSA) is 24.1 Å². The van der Waals surface area contributed by atoms with Crippen LogP contribution in [0.15, 0.2) is 48.5 Å². The van der Waals surface area contributed by atoms with Crippen LogP contribution in [-0.2, 0) is 6.18 Å². The van der Waals surface area contributed by atoms with Crippen LogP contribution in [0.5, 0.6) is 0 Å². The summed E-state index contributed by atoms with van der Waals surface area (Å²) in [6.07, 6.45) is -3.74. The molecule has 128 valence electrons. The first-order valence-electron chi connectivity index (χ1n) is 7.30.